The molecule has 7 heteroatoms. The van der Waals surface area contributed by atoms with E-state index >= 15 is 0 Å². The first-order valence-electron chi connectivity index (χ1n) is 11.0. The molecule has 0 aliphatic carbocycles. The number of nitrogens with zero attached hydrogens (tertiary/aromatic N) is 1. The van der Waals surface area contributed by atoms with Gasteiger partial charge in [-0.25, -0.2) is 4.98 Å². The van der Waals surface area contributed by atoms with Gasteiger partial charge in [0, 0.05) is 24.7 Å². The highest BCUT2D eigenvalue weighted by Crippen LogP contribution is 2.20. The number of aromatic hydroxyl groups is 1. The summed E-state index contributed by atoms with van der Waals surface area (Å²) >= 11 is 0. The maximum absolute atomic E-state index is 13.2. The number of benzene rings is 3. The number of carbonyl (C=O) groups excluding carboxylic acids is 2. The van der Waals surface area contributed by atoms with E-state index in [1.165, 1.54) is 6.07 Å². The zero-order valence-corrected chi connectivity index (χ0v) is 18.6. The first-order chi connectivity index (χ1) is 16.5. The lowest BCUT2D eigenvalue weighted by molar-refractivity contribution is -0.128. The number of hydrogen-bond acceptors (Lipinski definition) is 5. The first-order valence-corrected chi connectivity index (χ1v) is 11.0. The molecule has 3 aromatic carbocycles. The van der Waals surface area contributed by atoms with Crippen LogP contribution in [-0.4, -0.2) is 27.9 Å². The van der Waals surface area contributed by atoms with Crippen molar-refractivity contribution in [1.82, 2.24) is 15.6 Å². The van der Waals surface area contributed by atoms with Crippen LogP contribution in [0.3, 0.4) is 0 Å². The molecule has 0 aliphatic heterocycles. The van der Waals surface area contributed by atoms with Gasteiger partial charge in [0.2, 0.25) is 11.8 Å². The van der Waals surface area contributed by atoms with Gasteiger partial charge in [-0.3, -0.25) is 9.59 Å². The molecule has 0 fully saturated rings. The molecule has 4 rings (SSSR count). The second-order valence-corrected chi connectivity index (χ2v) is 8.08. The van der Waals surface area contributed by atoms with Gasteiger partial charge >= 0.3 is 0 Å². The van der Waals surface area contributed by atoms with Crippen LogP contribution >= 0.6 is 0 Å². The van der Waals surface area contributed by atoms with Crippen LogP contribution in [0.15, 0.2) is 85.1 Å². The summed E-state index contributed by atoms with van der Waals surface area (Å²) in [6.45, 7) is 0.257. The lowest BCUT2D eigenvalue weighted by atomic mass is 9.98. The van der Waals surface area contributed by atoms with E-state index in [-0.39, 0.29) is 30.5 Å². The van der Waals surface area contributed by atoms with E-state index in [9.17, 15) is 14.7 Å². The molecule has 0 saturated heterocycles. The maximum atomic E-state index is 13.2. The van der Waals surface area contributed by atoms with Gasteiger partial charge in [0.15, 0.2) is 0 Å². The van der Waals surface area contributed by atoms with Gasteiger partial charge in [0.25, 0.3) is 0 Å². The molecule has 4 aromatic rings. The maximum Gasteiger partial charge on any atom is 0.243 e. The molecule has 0 saturated carbocycles. The third-order valence-electron chi connectivity index (χ3n) is 5.61. The van der Waals surface area contributed by atoms with Crippen molar-refractivity contribution in [3.05, 3.63) is 102 Å². The number of phenolic OH excluding ortho intramolecular Hbond substituents is 1. The fourth-order valence-electron chi connectivity index (χ4n) is 3.83. The van der Waals surface area contributed by atoms with Crippen LogP contribution in [0.2, 0.25) is 0 Å². The lowest BCUT2D eigenvalue weighted by Crippen LogP contribution is -2.48. The quantitative estimate of drug-likeness (QED) is 0.326. The number of nitrogens with two attached hydrogens (primary N) is 1. The van der Waals surface area contributed by atoms with Crippen molar-refractivity contribution >= 4 is 28.4 Å². The first kappa shape index (κ1) is 22.8. The number of nitrogens with one attached hydrogen (secondary N) is 2. The van der Waals surface area contributed by atoms with Crippen molar-refractivity contribution in [2.75, 3.05) is 5.73 Å². The van der Waals surface area contributed by atoms with Crippen molar-refractivity contribution in [3.8, 4) is 5.75 Å². The summed E-state index contributed by atoms with van der Waals surface area (Å²) in [6.07, 6.45) is 1.89. The number of nitrogen functional groups attached to an aromatic ring is 1. The largest absolute Gasteiger partial charge is 0.508 e. The molecule has 1 atom stereocenters. The Bertz CT molecular complexity index is 1300. The van der Waals surface area contributed by atoms with Gasteiger partial charge in [0.05, 0.1) is 6.42 Å². The molecule has 172 valence electrons. The molecule has 0 bridgehead atoms. The molecule has 0 radical (unpaired) electrons. The van der Waals surface area contributed by atoms with Crippen molar-refractivity contribution in [2.24, 2.45) is 0 Å². The van der Waals surface area contributed by atoms with E-state index in [1.54, 1.807) is 36.5 Å². The second kappa shape index (κ2) is 10.5. The van der Waals surface area contributed by atoms with Crippen molar-refractivity contribution in [1.29, 1.82) is 0 Å². The number of rotatable bonds is 8. The molecule has 0 spiro atoms. The van der Waals surface area contributed by atoms with Crippen LogP contribution in [-0.2, 0) is 29.0 Å². The number of pyridine rings is 1. The van der Waals surface area contributed by atoms with Gasteiger partial charge in [-0.2, -0.15) is 0 Å². The minimum absolute atomic E-state index is 0.0339. The van der Waals surface area contributed by atoms with E-state index in [2.05, 4.69) is 15.6 Å². The lowest BCUT2D eigenvalue weighted by Gasteiger charge is -2.20. The predicted octanol–water partition coefficient (Wildman–Crippen LogP) is 3.11. The number of carbonyl (C=O) groups is 2. The number of fused-ring (bicyclic) bond motifs is 1. The third-order valence-corrected chi connectivity index (χ3v) is 5.61. The highest BCUT2D eigenvalue weighted by atomic mass is 16.3. The molecule has 7 nitrogen and oxygen atoms in total. The minimum atomic E-state index is -0.800. The van der Waals surface area contributed by atoms with Crippen molar-refractivity contribution in [3.63, 3.8) is 0 Å². The molecule has 5 N–H and O–H groups in total. The van der Waals surface area contributed by atoms with Gasteiger partial charge in [-0.1, -0.05) is 66.7 Å². The highest BCUT2D eigenvalue weighted by molar-refractivity contribution is 5.90. The molecule has 2 amide bonds. The van der Waals surface area contributed by atoms with Gasteiger partial charge < -0.3 is 21.5 Å². The summed E-state index contributed by atoms with van der Waals surface area (Å²) in [7, 11) is 0. The zero-order chi connectivity index (χ0) is 23.9. The third kappa shape index (κ3) is 5.69. The standard InChI is InChI=1S/C27H26N4O3/c28-25-13-12-18(16-29-25)17-30-27(34)23(31-26(33)15-21-7-2-4-11-24(21)32)14-20-9-5-8-19-6-1-3-10-22(19)20/h1-13,16,23,32H,14-15,17H2,(H2,28,29)(H,30,34)(H,31,33). The minimum Gasteiger partial charge on any atom is -0.508 e. The zero-order valence-electron chi connectivity index (χ0n) is 18.6. The topological polar surface area (TPSA) is 117 Å². The summed E-state index contributed by atoms with van der Waals surface area (Å²) in [5.41, 5.74) is 7.88. The smallest absolute Gasteiger partial charge is 0.243 e. The van der Waals surface area contributed by atoms with E-state index in [0.29, 0.717) is 17.8 Å². The van der Waals surface area contributed by atoms with Crippen molar-refractivity contribution in [2.45, 2.75) is 25.4 Å². The molecule has 1 unspecified atom stereocenters. The Morgan fingerprint density at radius 3 is 2.44 bits per heavy atom. The highest BCUT2D eigenvalue weighted by Gasteiger charge is 2.22. The summed E-state index contributed by atoms with van der Waals surface area (Å²) in [4.78, 5) is 30.0. The monoisotopic (exact) mass is 454 g/mol. The SMILES string of the molecule is Nc1ccc(CNC(=O)C(Cc2cccc3ccccc23)NC(=O)Cc2ccccc2O)cn1. The summed E-state index contributed by atoms with van der Waals surface area (Å²) in [5, 5.41) is 17.8. The Labute approximate surface area is 197 Å². The summed E-state index contributed by atoms with van der Waals surface area (Å²) < 4.78 is 0. The molecule has 1 heterocycles. The van der Waals surface area contributed by atoms with E-state index < -0.39 is 6.04 Å². The van der Waals surface area contributed by atoms with Crippen LogP contribution in [0, 0.1) is 0 Å². The predicted molar refractivity (Wildman–Crippen MR) is 132 cm³/mol. The average Bonchev–Trinajstić information content (AvgIpc) is 2.85. The Morgan fingerprint density at radius 2 is 1.65 bits per heavy atom. The number of aromatic nitrogens is 1. The molecule has 1 aromatic heterocycles. The molecule has 34 heavy (non-hydrogen) atoms. The fourth-order valence-corrected chi connectivity index (χ4v) is 3.83. The summed E-state index contributed by atoms with van der Waals surface area (Å²) in [6, 6.07) is 23.2. The van der Waals surface area contributed by atoms with E-state index in [4.69, 9.17) is 5.73 Å². The van der Waals surface area contributed by atoms with E-state index in [1.807, 2.05) is 42.5 Å². The Morgan fingerprint density at radius 1 is 0.912 bits per heavy atom. The van der Waals surface area contributed by atoms with Crippen LogP contribution in [0.1, 0.15) is 16.7 Å². The van der Waals surface area contributed by atoms with Crippen LogP contribution in [0.5, 0.6) is 5.75 Å². The average molecular weight is 455 g/mol. The van der Waals surface area contributed by atoms with E-state index in [0.717, 1.165) is 21.9 Å². The van der Waals surface area contributed by atoms with Gasteiger partial charge in [-0.15, -0.1) is 0 Å². The fraction of sp³-hybridized carbons (Fsp3) is 0.148. The summed E-state index contributed by atoms with van der Waals surface area (Å²) in [5.74, 6) is -0.213. The van der Waals surface area contributed by atoms with Crippen LogP contribution in [0.4, 0.5) is 5.82 Å². The molecule has 0 aliphatic rings. The van der Waals surface area contributed by atoms with Crippen LogP contribution < -0.4 is 16.4 Å². The number of anilines is 1. The van der Waals surface area contributed by atoms with Crippen LogP contribution in [0.25, 0.3) is 10.8 Å². The van der Waals surface area contributed by atoms with Gasteiger partial charge in [-0.05, 0) is 34.0 Å². The Balaban J connectivity index is 1.53. The Kier molecular flexibility index (Phi) is 7.03. The number of hydrogen-bond donors (Lipinski definition) is 4. The number of phenols is 1. The number of para-hydroxylation sites is 1. The van der Waals surface area contributed by atoms with Gasteiger partial charge in [0.1, 0.15) is 17.6 Å². The number of amides is 2. The Hall–Kier alpha value is -4.39. The normalized spacial score (nSPS) is 11.6. The molecular weight excluding hydrogens is 428 g/mol. The van der Waals surface area contributed by atoms with Crippen molar-refractivity contribution < 1.29 is 14.7 Å². The molecular formula is C27H26N4O3. The second-order valence-electron chi connectivity index (χ2n) is 8.08.